The van der Waals surface area contributed by atoms with Gasteiger partial charge in [0.1, 0.15) is 0 Å². The zero-order valence-electron chi connectivity index (χ0n) is 19.3. The summed E-state index contributed by atoms with van der Waals surface area (Å²) < 4.78 is 40.3. The van der Waals surface area contributed by atoms with Crippen molar-refractivity contribution in [3.8, 4) is 0 Å². The van der Waals surface area contributed by atoms with E-state index >= 15 is 0 Å². The average Bonchev–Trinajstić information content (AvgIpc) is 2.84. The number of alkyl halides is 3. The van der Waals surface area contributed by atoms with E-state index in [0.29, 0.717) is 25.8 Å². The van der Waals surface area contributed by atoms with Crippen LogP contribution in [0.4, 0.5) is 13.2 Å². The predicted octanol–water partition coefficient (Wildman–Crippen LogP) is 8.40. The van der Waals surface area contributed by atoms with E-state index in [1.165, 1.54) is 24.8 Å². The second kappa shape index (κ2) is 9.30. The Morgan fingerprint density at radius 1 is 0.639 bits per heavy atom. The Hall–Kier alpha value is -3.29. The first kappa shape index (κ1) is 24.4. The number of ketones is 2. The van der Waals surface area contributed by atoms with E-state index in [0.717, 1.165) is 28.3 Å². The Morgan fingerprint density at radius 3 is 1.67 bits per heavy atom. The highest BCUT2D eigenvalue weighted by Gasteiger charge is 2.35. The Kier molecular flexibility index (Phi) is 6.30. The molecular weight excluding hydrogens is 501 g/mol. The van der Waals surface area contributed by atoms with E-state index in [4.69, 9.17) is 0 Å². The fraction of sp³-hybridized carbons (Fsp3) is 0.103. The van der Waals surface area contributed by atoms with Gasteiger partial charge in [-0.1, -0.05) is 71.6 Å². The van der Waals surface area contributed by atoms with Crippen molar-refractivity contribution in [2.24, 2.45) is 0 Å². The van der Waals surface area contributed by atoms with Crippen molar-refractivity contribution >= 4 is 35.1 Å². The fourth-order valence-corrected chi connectivity index (χ4v) is 6.17. The average molecular weight is 521 g/mol. The van der Waals surface area contributed by atoms with Crippen molar-refractivity contribution in [1.82, 2.24) is 0 Å². The van der Waals surface area contributed by atoms with Gasteiger partial charge in [-0.25, -0.2) is 0 Å². The first-order valence-corrected chi connectivity index (χ1v) is 12.7. The van der Waals surface area contributed by atoms with Gasteiger partial charge >= 0.3 is 6.18 Å². The zero-order valence-corrected chi connectivity index (χ0v) is 20.9. The molecule has 0 unspecified atom stereocenters. The van der Waals surface area contributed by atoms with Gasteiger partial charge in [0.15, 0.2) is 11.6 Å². The summed E-state index contributed by atoms with van der Waals surface area (Å²) >= 11 is 2.47. The molecule has 0 saturated carbocycles. The van der Waals surface area contributed by atoms with Gasteiger partial charge in [-0.3, -0.25) is 9.59 Å². The Labute approximate surface area is 214 Å². The molecule has 0 aliphatic heterocycles. The van der Waals surface area contributed by atoms with Crippen LogP contribution in [0.3, 0.4) is 0 Å². The van der Waals surface area contributed by atoms with Crippen molar-refractivity contribution in [3.63, 3.8) is 0 Å². The number of hydrogen-bond donors (Lipinski definition) is 0. The zero-order chi connectivity index (χ0) is 25.6. The Bertz CT molecular complexity index is 1520. The highest BCUT2D eigenvalue weighted by Crippen LogP contribution is 2.42. The quantitative estimate of drug-likeness (QED) is 0.238. The summed E-state index contributed by atoms with van der Waals surface area (Å²) in [5.41, 5.74) is 1.68. The van der Waals surface area contributed by atoms with Gasteiger partial charge in [0.2, 0.25) is 0 Å². The largest absolute Gasteiger partial charge is 0.416 e. The van der Waals surface area contributed by atoms with Crippen LogP contribution in [0, 0.1) is 13.8 Å². The van der Waals surface area contributed by atoms with Gasteiger partial charge in [0.25, 0.3) is 0 Å². The molecule has 0 amide bonds. The molecule has 4 aromatic rings. The molecular formula is C29H19F3O2S2. The number of benzene rings is 4. The number of fused-ring (bicyclic) bond motifs is 2. The molecule has 0 spiro atoms. The van der Waals surface area contributed by atoms with Crippen LogP contribution in [0.1, 0.15) is 48.5 Å². The molecule has 2 nitrogen and oxygen atoms in total. The number of aryl methyl sites for hydroxylation is 2. The maximum Gasteiger partial charge on any atom is 0.416 e. The van der Waals surface area contributed by atoms with Crippen LogP contribution in [-0.4, -0.2) is 11.6 Å². The van der Waals surface area contributed by atoms with Crippen molar-refractivity contribution in [2.75, 3.05) is 0 Å². The lowest BCUT2D eigenvalue weighted by atomic mass is 9.84. The minimum absolute atomic E-state index is 0.126. The topological polar surface area (TPSA) is 34.1 Å². The predicted molar refractivity (Wildman–Crippen MR) is 135 cm³/mol. The number of halogens is 3. The molecule has 7 heteroatoms. The molecule has 0 heterocycles. The SMILES string of the molecule is Cc1ccc(Sc2cccc3c2C(=O)c2cccc(Sc4ccc(C)c(C(F)(F)F)c4)c2C3=O)cc1. The maximum absolute atomic E-state index is 13.6. The maximum atomic E-state index is 13.6. The normalized spacial score (nSPS) is 12.9. The Morgan fingerprint density at radius 2 is 1.14 bits per heavy atom. The highest BCUT2D eigenvalue weighted by atomic mass is 32.2. The van der Waals surface area contributed by atoms with Gasteiger partial charge in [-0.05, 0) is 55.8 Å². The second-order valence-electron chi connectivity index (χ2n) is 8.51. The van der Waals surface area contributed by atoms with E-state index in [2.05, 4.69) is 0 Å². The van der Waals surface area contributed by atoms with Gasteiger partial charge in [0.05, 0.1) is 5.56 Å². The summed E-state index contributed by atoms with van der Waals surface area (Å²) in [4.78, 5) is 29.7. The molecule has 0 radical (unpaired) electrons. The summed E-state index contributed by atoms with van der Waals surface area (Å²) in [6.07, 6.45) is -4.48. The van der Waals surface area contributed by atoms with Crippen molar-refractivity contribution in [2.45, 2.75) is 39.6 Å². The number of rotatable bonds is 4. The molecule has 5 rings (SSSR count). The first-order chi connectivity index (χ1) is 17.1. The van der Waals surface area contributed by atoms with Crippen molar-refractivity contribution < 1.29 is 22.8 Å². The molecule has 0 bridgehead atoms. The van der Waals surface area contributed by atoms with E-state index in [9.17, 15) is 22.8 Å². The number of hydrogen-bond acceptors (Lipinski definition) is 4. The molecule has 0 fully saturated rings. The molecule has 0 saturated heterocycles. The van der Waals surface area contributed by atoms with Crippen LogP contribution >= 0.6 is 23.5 Å². The monoisotopic (exact) mass is 520 g/mol. The van der Waals surface area contributed by atoms with Gasteiger partial charge < -0.3 is 0 Å². The van der Waals surface area contributed by atoms with Gasteiger partial charge in [-0.2, -0.15) is 13.2 Å². The third kappa shape index (κ3) is 4.49. The van der Waals surface area contributed by atoms with Crippen molar-refractivity contribution in [3.05, 3.63) is 118 Å². The summed E-state index contributed by atoms with van der Waals surface area (Å²) in [6.45, 7) is 3.40. The summed E-state index contributed by atoms with van der Waals surface area (Å²) in [5.74, 6) is -0.575. The molecule has 0 atom stereocenters. The van der Waals surface area contributed by atoms with Crippen LogP contribution in [0.2, 0.25) is 0 Å². The van der Waals surface area contributed by atoms with E-state index < -0.39 is 11.7 Å². The molecule has 1 aliphatic rings. The molecule has 0 N–H and O–H groups in total. The summed E-state index contributed by atoms with van der Waals surface area (Å²) in [5, 5.41) is 0. The third-order valence-electron chi connectivity index (χ3n) is 5.99. The Balaban J connectivity index is 1.55. The van der Waals surface area contributed by atoms with Crippen LogP contribution < -0.4 is 0 Å². The summed E-state index contributed by atoms with van der Waals surface area (Å²) in [6, 6.07) is 22.1. The van der Waals surface area contributed by atoms with E-state index in [1.54, 1.807) is 36.4 Å². The van der Waals surface area contributed by atoms with Crippen LogP contribution in [0.15, 0.2) is 98.4 Å². The molecule has 4 aromatic carbocycles. The smallest absolute Gasteiger partial charge is 0.289 e. The standard InChI is InChI=1S/C29H19F3O2S2/c1-16-9-12-18(13-10-16)35-23-7-3-5-20-25(23)27(33)21-6-4-8-24(26(21)28(20)34)36-19-14-11-17(2)22(15-19)29(30,31)32/h3-15H,1-2H3. The highest BCUT2D eigenvalue weighted by molar-refractivity contribution is 7.99. The minimum atomic E-state index is -4.48. The van der Waals surface area contributed by atoms with E-state index in [-0.39, 0.29) is 28.3 Å². The lowest BCUT2D eigenvalue weighted by molar-refractivity contribution is -0.138. The lowest BCUT2D eigenvalue weighted by Crippen LogP contribution is -2.22. The second-order valence-corrected chi connectivity index (χ2v) is 10.7. The van der Waals surface area contributed by atoms with E-state index in [1.807, 2.05) is 37.3 Å². The van der Waals surface area contributed by atoms with Crippen LogP contribution in [0.25, 0.3) is 0 Å². The van der Waals surface area contributed by atoms with Crippen LogP contribution in [0.5, 0.6) is 0 Å². The summed E-state index contributed by atoms with van der Waals surface area (Å²) in [7, 11) is 0. The molecule has 36 heavy (non-hydrogen) atoms. The fourth-order valence-electron chi connectivity index (χ4n) is 4.18. The molecule has 0 aromatic heterocycles. The third-order valence-corrected chi connectivity index (χ3v) is 8.10. The minimum Gasteiger partial charge on any atom is -0.289 e. The number of carbonyl (C=O) groups excluding carboxylic acids is 2. The molecule has 1 aliphatic carbocycles. The first-order valence-electron chi connectivity index (χ1n) is 11.1. The lowest BCUT2D eigenvalue weighted by Gasteiger charge is -2.22. The van der Waals surface area contributed by atoms with Gasteiger partial charge in [0, 0.05) is 41.8 Å². The van der Waals surface area contributed by atoms with Crippen LogP contribution in [-0.2, 0) is 6.18 Å². The van der Waals surface area contributed by atoms with Crippen molar-refractivity contribution in [1.29, 1.82) is 0 Å². The van der Waals surface area contributed by atoms with Gasteiger partial charge in [-0.15, -0.1) is 0 Å². The number of carbonyl (C=O) groups is 2. The molecule has 180 valence electrons.